The first-order valence-electron chi connectivity index (χ1n) is 10.1. The molecule has 1 saturated heterocycles. The number of amides is 3. The molecule has 1 aliphatic heterocycles. The molecule has 1 aromatic carbocycles. The van der Waals surface area contributed by atoms with Gasteiger partial charge in [0.15, 0.2) is 6.61 Å². The zero-order valence-corrected chi connectivity index (χ0v) is 20.6. The van der Waals surface area contributed by atoms with E-state index in [9.17, 15) is 19.2 Å². The average molecular weight is 574 g/mol. The third kappa shape index (κ3) is 3.89. The van der Waals surface area contributed by atoms with Gasteiger partial charge in [-0.05, 0) is 30.4 Å². The van der Waals surface area contributed by atoms with Gasteiger partial charge in [0.05, 0.1) is 31.7 Å². The highest BCUT2D eigenvalue weighted by molar-refractivity contribution is 9.12. The van der Waals surface area contributed by atoms with Crippen LogP contribution >= 0.6 is 31.9 Å². The number of hydrogen-bond donors (Lipinski definition) is 1. The van der Waals surface area contributed by atoms with E-state index in [0.29, 0.717) is 17.2 Å². The second-order valence-corrected chi connectivity index (χ2v) is 10.2. The molecule has 172 valence electrons. The number of rotatable bonds is 7. The van der Waals surface area contributed by atoms with Crippen LogP contribution in [0.1, 0.15) is 6.42 Å². The molecule has 4 rings (SSSR count). The lowest BCUT2D eigenvalue weighted by Crippen LogP contribution is -2.38. The Morgan fingerprint density at radius 1 is 1.06 bits per heavy atom. The highest BCUT2D eigenvalue weighted by atomic mass is 79.9. The van der Waals surface area contributed by atoms with E-state index in [-0.39, 0.29) is 33.3 Å². The lowest BCUT2D eigenvalue weighted by atomic mass is 9.81. The minimum absolute atomic E-state index is 0.0652. The van der Waals surface area contributed by atoms with Gasteiger partial charge in [0.2, 0.25) is 11.8 Å². The summed E-state index contributed by atoms with van der Waals surface area (Å²) in [6.45, 7) is -1.07. The van der Waals surface area contributed by atoms with E-state index in [0.717, 1.165) is 11.3 Å². The van der Waals surface area contributed by atoms with Crippen LogP contribution in [0.15, 0.2) is 18.2 Å². The Balaban J connectivity index is 1.33. The molecule has 1 N–H and O–H groups in total. The second kappa shape index (κ2) is 9.01. The normalized spacial score (nSPS) is 30.3. The number of anilines is 1. The van der Waals surface area contributed by atoms with Gasteiger partial charge in [0.1, 0.15) is 18.0 Å². The van der Waals surface area contributed by atoms with Gasteiger partial charge >= 0.3 is 5.97 Å². The standard InChI is InChI=1S/C21H22Br2N2O7/c1-30-9-3-4-13(31-2)12(5-9)24-14(26)8-32-15(27)7-25-20(28)16-10-6-11(17(16)21(25)29)19(23)18(10)22/h3-5,10-11,16-19H,6-8H2,1-2H3,(H,24,26)/t10-,11-,16-,17-,18-,19+/m1/s1. The van der Waals surface area contributed by atoms with Crippen LogP contribution in [0.25, 0.3) is 0 Å². The molecule has 3 amide bonds. The molecule has 3 aliphatic rings. The number of ether oxygens (including phenoxy) is 3. The summed E-state index contributed by atoms with van der Waals surface area (Å²) in [4.78, 5) is 51.4. The Hall–Kier alpha value is -2.14. The number of carbonyl (C=O) groups excluding carboxylic acids is 4. The van der Waals surface area contributed by atoms with E-state index < -0.39 is 36.9 Å². The maximum atomic E-state index is 12.8. The number of halogens is 2. The number of likely N-dealkylation sites (tertiary alicyclic amines) is 1. The summed E-state index contributed by atoms with van der Waals surface area (Å²) in [6, 6.07) is 4.88. The van der Waals surface area contributed by atoms with Crippen LogP contribution in [0.5, 0.6) is 11.5 Å². The van der Waals surface area contributed by atoms with Gasteiger partial charge in [0.25, 0.3) is 5.91 Å². The molecule has 11 heteroatoms. The number of carbonyl (C=O) groups is 4. The third-order valence-corrected chi connectivity index (χ3v) is 9.62. The molecule has 1 aromatic rings. The van der Waals surface area contributed by atoms with E-state index in [1.807, 2.05) is 0 Å². The van der Waals surface area contributed by atoms with Crippen LogP contribution < -0.4 is 14.8 Å². The summed E-state index contributed by atoms with van der Waals surface area (Å²) in [6.07, 6.45) is 0.810. The quantitative estimate of drug-likeness (QED) is 0.301. The summed E-state index contributed by atoms with van der Waals surface area (Å²) >= 11 is 7.24. The van der Waals surface area contributed by atoms with Gasteiger partial charge in [-0.25, -0.2) is 0 Å². The van der Waals surface area contributed by atoms with Crippen molar-refractivity contribution in [2.24, 2.45) is 23.7 Å². The lowest BCUT2D eigenvalue weighted by molar-refractivity contribution is -0.154. The molecule has 2 aliphatic carbocycles. The van der Waals surface area contributed by atoms with E-state index in [2.05, 4.69) is 37.2 Å². The third-order valence-electron chi connectivity index (χ3n) is 6.41. The second-order valence-electron chi connectivity index (χ2n) is 8.04. The first-order chi connectivity index (χ1) is 15.3. The summed E-state index contributed by atoms with van der Waals surface area (Å²) < 4.78 is 15.3. The first-order valence-corrected chi connectivity index (χ1v) is 11.9. The van der Waals surface area contributed by atoms with Crippen LogP contribution in [0.2, 0.25) is 0 Å². The predicted molar refractivity (Wildman–Crippen MR) is 120 cm³/mol. The Morgan fingerprint density at radius 2 is 1.69 bits per heavy atom. The number of methoxy groups -OCH3 is 2. The van der Waals surface area contributed by atoms with Crippen LogP contribution in [0.3, 0.4) is 0 Å². The van der Waals surface area contributed by atoms with Crippen molar-refractivity contribution in [2.45, 2.75) is 16.1 Å². The van der Waals surface area contributed by atoms with Crippen molar-refractivity contribution in [3.63, 3.8) is 0 Å². The van der Waals surface area contributed by atoms with Crippen LogP contribution in [0.4, 0.5) is 5.69 Å². The molecule has 32 heavy (non-hydrogen) atoms. The molecule has 0 radical (unpaired) electrons. The molecule has 2 saturated carbocycles. The molecular weight excluding hydrogens is 552 g/mol. The fraction of sp³-hybridized carbons (Fsp3) is 0.524. The predicted octanol–water partition coefficient (Wildman–Crippen LogP) is 1.96. The van der Waals surface area contributed by atoms with Crippen LogP contribution in [0, 0.1) is 23.7 Å². The largest absolute Gasteiger partial charge is 0.497 e. The Kier molecular flexibility index (Phi) is 6.49. The molecule has 1 heterocycles. The topological polar surface area (TPSA) is 111 Å². The van der Waals surface area contributed by atoms with Crippen molar-refractivity contribution < 1.29 is 33.4 Å². The first kappa shape index (κ1) is 23.0. The van der Waals surface area contributed by atoms with Gasteiger partial charge in [-0.1, -0.05) is 31.9 Å². The molecule has 0 unspecified atom stereocenters. The molecule has 2 bridgehead atoms. The van der Waals surface area contributed by atoms with Crippen molar-refractivity contribution in [1.29, 1.82) is 0 Å². The number of imide groups is 1. The highest BCUT2D eigenvalue weighted by Crippen LogP contribution is 2.60. The van der Waals surface area contributed by atoms with Crippen molar-refractivity contribution in [3.8, 4) is 11.5 Å². The van der Waals surface area contributed by atoms with Gasteiger partial charge in [-0.3, -0.25) is 24.1 Å². The van der Waals surface area contributed by atoms with E-state index in [1.54, 1.807) is 18.2 Å². The van der Waals surface area contributed by atoms with Crippen LogP contribution in [-0.2, 0) is 23.9 Å². The van der Waals surface area contributed by atoms with E-state index in [1.165, 1.54) is 14.2 Å². The summed E-state index contributed by atoms with van der Waals surface area (Å²) in [5.41, 5.74) is 0.356. The fourth-order valence-electron chi connectivity index (χ4n) is 4.99. The van der Waals surface area contributed by atoms with Crippen molar-refractivity contribution in [2.75, 3.05) is 32.7 Å². The minimum Gasteiger partial charge on any atom is -0.497 e. The van der Waals surface area contributed by atoms with Gasteiger partial charge in [0, 0.05) is 15.7 Å². The highest BCUT2D eigenvalue weighted by Gasteiger charge is 2.66. The lowest BCUT2D eigenvalue weighted by Gasteiger charge is -2.28. The Morgan fingerprint density at radius 3 is 2.25 bits per heavy atom. The number of fused-ring (bicyclic) bond motifs is 5. The number of benzene rings is 1. The number of nitrogens with one attached hydrogen (secondary N) is 1. The molecule has 0 aromatic heterocycles. The maximum absolute atomic E-state index is 12.8. The summed E-state index contributed by atoms with van der Waals surface area (Å²) in [5, 5.41) is 2.59. The average Bonchev–Trinajstić information content (AvgIpc) is 3.38. The SMILES string of the molecule is COc1ccc(OC)c(NC(=O)COC(=O)CN2C(=O)[C@@H]3[C@H]4C[C@@H]([C@@H](Br)[C@H]4Br)[C@H]3C2=O)c1. The maximum Gasteiger partial charge on any atom is 0.326 e. The van der Waals surface area contributed by atoms with Gasteiger partial charge in [-0.15, -0.1) is 0 Å². The minimum atomic E-state index is -0.822. The van der Waals surface area contributed by atoms with Crippen LogP contribution in [-0.4, -0.2) is 65.6 Å². The van der Waals surface area contributed by atoms with Gasteiger partial charge < -0.3 is 19.5 Å². The molecule has 9 nitrogen and oxygen atoms in total. The number of esters is 1. The molecule has 6 atom stereocenters. The number of alkyl halides is 2. The number of nitrogens with zero attached hydrogens (tertiary/aromatic N) is 1. The van der Waals surface area contributed by atoms with Crippen molar-refractivity contribution in [3.05, 3.63) is 18.2 Å². The number of hydrogen-bond acceptors (Lipinski definition) is 7. The van der Waals surface area contributed by atoms with E-state index in [4.69, 9.17) is 14.2 Å². The Labute approximate surface area is 201 Å². The molecular formula is C21H22Br2N2O7. The monoisotopic (exact) mass is 572 g/mol. The Bertz CT molecular complexity index is 939. The molecule has 3 fully saturated rings. The van der Waals surface area contributed by atoms with Gasteiger partial charge in [-0.2, -0.15) is 0 Å². The summed E-state index contributed by atoms with van der Waals surface area (Å²) in [5.74, 6) is -1.83. The zero-order valence-electron chi connectivity index (χ0n) is 17.4. The molecule has 0 spiro atoms. The smallest absolute Gasteiger partial charge is 0.326 e. The summed E-state index contributed by atoms with van der Waals surface area (Å²) in [7, 11) is 2.95. The zero-order chi connectivity index (χ0) is 23.2. The van der Waals surface area contributed by atoms with Crippen molar-refractivity contribution in [1.82, 2.24) is 4.90 Å². The fourth-order valence-corrected chi connectivity index (χ4v) is 6.86. The van der Waals surface area contributed by atoms with E-state index >= 15 is 0 Å². The van der Waals surface area contributed by atoms with Crippen molar-refractivity contribution >= 4 is 61.2 Å².